The molecule has 2 aromatic rings. The van der Waals surface area contributed by atoms with E-state index >= 15 is 0 Å². The van der Waals surface area contributed by atoms with Gasteiger partial charge in [-0.25, -0.2) is 22.9 Å². The molecule has 1 aromatic carbocycles. The lowest BCUT2D eigenvalue weighted by molar-refractivity contribution is -0.139. The monoisotopic (exact) mass is 342 g/mol. The first-order valence-electron chi connectivity index (χ1n) is 6.22. The zero-order chi connectivity index (χ0) is 16.2. The Kier molecular flexibility index (Phi) is 5.11. The van der Waals surface area contributed by atoms with Crippen LogP contribution in [0.1, 0.15) is 10.6 Å². The molecule has 1 heterocycles. The van der Waals surface area contributed by atoms with Crippen LogP contribution in [0.3, 0.4) is 0 Å². The van der Waals surface area contributed by atoms with Gasteiger partial charge in [-0.1, -0.05) is 12.1 Å². The van der Waals surface area contributed by atoms with Gasteiger partial charge in [0.2, 0.25) is 0 Å². The van der Waals surface area contributed by atoms with Crippen LogP contribution < -0.4 is 9.46 Å². The van der Waals surface area contributed by atoms with E-state index in [0.717, 1.165) is 11.3 Å². The zero-order valence-electron chi connectivity index (χ0n) is 11.6. The molecule has 0 unspecified atom stereocenters. The van der Waals surface area contributed by atoms with E-state index in [1.165, 1.54) is 6.20 Å². The largest absolute Gasteiger partial charge is 0.482 e. The third-order valence-corrected chi connectivity index (χ3v) is 5.37. The third kappa shape index (κ3) is 4.52. The lowest BCUT2D eigenvalue weighted by Gasteiger charge is -2.07. The number of aryl methyl sites for hydroxylation is 1. The number of carbonyl (C=O) groups is 1. The van der Waals surface area contributed by atoms with Crippen LogP contribution >= 0.6 is 11.3 Å². The predicted octanol–water partition coefficient (Wildman–Crippen LogP) is 1.39. The highest BCUT2D eigenvalue weighted by Crippen LogP contribution is 2.18. The molecule has 0 saturated heterocycles. The van der Waals surface area contributed by atoms with Crippen LogP contribution in [-0.4, -0.2) is 31.1 Å². The highest BCUT2D eigenvalue weighted by Gasteiger charge is 2.16. The maximum absolute atomic E-state index is 12.1. The molecule has 2 N–H and O–H groups in total. The fourth-order valence-corrected chi connectivity index (χ4v) is 3.78. The van der Waals surface area contributed by atoms with Crippen molar-refractivity contribution >= 4 is 27.3 Å². The van der Waals surface area contributed by atoms with Crippen molar-refractivity contribution in [3.63, 3.8) is 0 Å². The first-order chi connectivity index (χ1) is 10.4. The van der Waals surface area contributed by atoms with Gasteiger partial charge in [0.05, 0.1) is 11.2 Å². The molecule has 0 amide bonds. The molecular formula is C13H14N2O5S2. The van der Waals surface area contributed by atoms with E-state index in [1.54, 1.807) is 31.2 Å². The van der Waals surface area contributed by atoms with Gasteiger partial charge in [-0.05, 0) is 24.6 Å². The Balaban J connectivity index is 2.02. The molecule has 118 valence electrons. The molecule has 0 atom stereocenters. The molecule has 0 radical (unpaired) electrons. The van der Waals surface area contributed by atoms with Crippen molar-refractivity contribution < 1.29 is 23.1 Å². The number of rotatable bonds is 7. The maximum Gasteiger partial charge on any atom is 0.341 e. The number of hydrogen-bond acceptors (Lipinski definition) is 6. The number of sulfonamides is 1. The van der Waals surface area contributed by atoms with Crippen LogP contribution in [0, 0.1) is 6.92 Å². The van der Waals surface area contributed by atoms with E-state index in [1.807, 2.05) is 0 Å². The van der Waals surface area contributed by atoms with Crippen LogP contribution in [0.25, 0.3) is 0 Å². The number of ether oxygens (including phenoxy) is 1. The van der Waals surface area contributed by atoms with E-state index in [0.29, 0.717) is 16.3 Å². The minimum atomic E-state index is -3.61. The summed E-state index contributed by atoms with van der Waals surface area (Å²) >= 11 is 1.09. The zero-order valence-corrected chi connectivity index (χ0v) is 13.3. The Hall–Kier alpha value is -1.97. The number of nitrogens with one attached hydrogen (secondary N) is 1. The SMILES string of the molecule is Cc1ncc(S(=O)(=O)NCc2cccc(OCC(=O)O)c2)s1. The fraction of sp³-hybridized carbons (Fsp3) is 0.231. The highest BCUT2D eigenvalue weighted by atomic mass is 32.2. The smallest absolute Gasteiger partial charge is 0.341 e. The van der Waals surface area contributed by atoms with Gasteiger partial charge in [0, 0.05) is 6.54 Å². The molecule has 2 rings (SSSR count). The fourth-order valence-electron chi connectivity index (χ4n) is 1.61. The van der Waals surface area contributed by atoms with Crippen molar-refractivity contribution in [2.75, 3.05) is 6.61 Å². The molecule has 22 heavy (non-hydrogen) atoms. The molecule has 0 spiro atoms. The summed E-state index contributed by atoms with van der Waals surface area (Å²) < 4.78 is 31.8. The second-order valence-corrected chi connectivity index (χ2v) is 7.58. The summed E-state index contributed by atoms with van der Waals surface area (Å²) in [4.78, 5) is 14.4. The predicted molar refractivity (Wildman–Crippen MR) is 80.4 cm³/mol. The van der Waals surface area contributed by atoms with E-state index in [4.69, 9.17) is 9.84 Å². The normalized spacial score (nSPS) is 11.3. The number of thiazole rings is 1. The summed E-state index contributed by atoms with van der Waals surface area (Å²) in [6.07, 6.45) is 1.31. The van der Waals surface area contributed by atoms with Crippen LogP contribution in [0.15, 0.2) is 34.7 Å². The molecule has 0 aliphatic rings. The van der Waals surface area contributed by atoms with E-state index in [2.05, 4.69) is 9.71 Å². The van der Waals surface area contributed by atoms with Gasteiger partial charge < -0.3 is 9.84 Å². The van der Waals surface area contributed by atoms with Crippen LogP contribution in [0.4, 0.5) is 0 Å². The highest BCUT2D eigenvalue weighted by molar-refractivity contribution is 7.91. The van der Waals surface area contributed by atoms with Gasteiger partial charge in [-0.15, -0.1) is 11.3 Å². The minimum absolute atomic E-state index is 0.0730. The Labute approximate surface area is 131 Å². The summed E-state index contributed by atoms with van der Waals surface area (Å²) in [6, 6.07) is 6.57. The van der Waals surface area contributed by atoms with Crippen molar-refractivity contribution in [1.29, 1.82) is 0 Å². The van der Waals surface area contributed by atoms with Crippen LogP contribution in [-0.2, 0) is 21.4 Å². The molecule has 0 bridgehead atoms. The molecule has 0 saturated carbocycles. The molecule has 9 heteroatoms. The van der Waals surface area contributed by atoms with Gasteiger partial charge in [0.25, 0.3) is 10.0 Å². The Morgan fingerprint density at radius 2 is 2.23 bits per heavy atom. The third-order valence-electron chi connectivity index (χ3n) is 2.59. The number of carboxylic acids is 1. The van der Waals surface area contributed by atoms with E-state index in [9.17, 15) is 13.2 Å². The number of nitrogens with zero attached hydrogens (tertiary/aromatic N) is 1. The average Bonchev–Trinajstić information content (AvgIpc) is 2.91. The summed E-state index contributed by atoms with van der Waals surface area (Å²) in [5, 5.41) is 9.23. The summed E-state index contributed by atoms with van der Waals surface area (Å²) in [7, 11) is -3.61. The summed E-state index contributed by atoms with van der Waals surface area (Å²) in [6.45, 7) is 1.35. The molecular weight excluding hydrogens is 328 g/mol. The molecule has 0 fully saturated rings. The van der Waals surface area contributed by atoms with Crippen molar-refractivity contribution in [3.8, 4) is 5.75 Å². The van der Waals surface area contributed by atoms with Gasteiger partial charge in [0.15, 0.2) is 10.8 Å². The van der Waals surface area contributed by atoms with Gasteiger partial charge in [0.1, 0.15) is 5.75 Å². The number of aliphatic carboxylic acids is 1. The minimum Gasteiger partial charge on any atom is -0.482 e. The Bertz CT molecular complexity index is 770. The Morgan fingerprint density at radius 1 is 1.45 bits per heavy atom. The molecule has 1 aromatic heterocycles. The standard InChI is InChI=1S/C13H14N2O5S2/c1-9-14-7-13(21-9)22(18,19)15-6-10-3-2-4-11(5-10)20-8-12(16)17/h2-5,7,15H,6,8H2,1H3,(H,16,17). The number of hydrogen-bond donors (Lipinski definition) is 2. The first-order valence-corrected chi connectivity index (χ1v) is 8.52. The quantitative estimate of drug-likeness (QED) is 0.788. The van der Waals surface area contributed by atoms with Gasteiger partial charge in [-0.3, -0.25) is 0 Å². The number of carboxylic acid groups (broad SMARTS) is 1. The summed E-state index contributed by atoms with van der Waals surface area (Å²) in [5.74, 6) is -0.709. The molecule has 7 nitrogen and oxygen atoms in total. The van der Waals surface area contributed by atoms with Crippen molar-refractivity contribution in [3.05, 3.63) is 41.0 Å². The van der Waals surface area contributed by atoms with Gasteiger partial charge >= 0.3 is 5.97 Å². The van der Waals surface area contributed by atoms with Crippen LogP contribution in [0.2, 0.25) is 0 Å². The summed E-state index contributed by atoms with van der Waals surface area (Å²) in [5.41, 5.74) is 0.660. The van der Waals surface area contributed by atoms with Crippen molar-refractivity contribution in [2.24, 2.45) is 0 Å². The molecule has 0 aliphatic carbocycles. The molecule has 0 aliphatic heterocycles. The second kappa shape index (κ2) is 6.86. The maximum atomic E-state index is 12.1. The lowest BCUT2D eigenvalue weighted by Crippen LogP contribution is -2.22. The lowest BCUT2D eigenvalue weighted by atomic mass is 10.2. The van der Waals surface area contributed by atoms with E-state index < -0.39 is 22.6 Å². The Morgan fingerprint density at radius 3 is 2.86 bits per heavy atom. The first kappa shape index (κ1) is 16.4. The number of aromatic nitrogens is 1. The second-order valence-electron chi connectivity index (χ2n) is 4.35. The van der Waals surface area contributed by atoms with Crippen LogP contribution in [0.5, 0.6) is 5.75 Å². The topological polar surface area (TPSA) is 106 Å². The van der Waals surface area contributed by atoms with E-state index in [-0.39, 0.29) is 10.8 Å². The van der Waals surface area contributed by atoms with Crippen molar-refractivity contribution in [2.45, 2.75) is 17.7 Å². The number of benzene rings is 1. The average molecular weight is 342 g/mol. The van der Waals surface area contributed by atoms with Crippen molar-refractivity contribution in [1.82, 2.24) is 9.71 Å². The van der Waals surface area contributed by atoms with Gasteiger partial charge in [-0.2, -0.15) is 0 Å².